The van der Waals surface area contributed by atoms with Gasteiger partial charge in [0.2, 0.25) is 5.91 Å². The lowest BCUT2D eigenvalue weighted by Gasteiger charge is -2.36. The van der Waals surface area contributed by atoms with Gasteiger partial charge in [0.15, 0.2) is 0 Å². The Kier molecular flexibility index (Phi) is 6.84. The van der Waals surface area contributed by atoms with Gasteiger partial charge in [-0.3, -0.25) is 25.3 Å². The zero-order valence-electron chi connectivity index (χ0n) is 18.6. The molecule has 0 aliphatic carbocycles. The zero-order chi connectivity index (χ0) is 23.3. The van der Waals surface area contributed by atoms with E-state index in [1.165, 1.54) is 17.0 Å². The fourth-order valence-electron chi connectivity index (χ4n) is 3.93. The van der Waals surface area contributed by atoms with Gasteiger partial charge in [0.25, 0.3) is 5.91 Å². The van der Waals surface area contributed by atoms with E-state index in [0.29, 0.717) is 17.8 Å². The Balaban J connectivity index is 1.06. The first-order chi connectivity index (χ1) is 16.7. The van der Waals surface area contributed by atoms with E-state index >= 15 is 0 Å². The summed E-state index contributed by atoms with van der Waals surface area (Å²) in [7, 11) is 0. The van der Waals surface area contributed by atoms with E-state index < -0.39 is 0 Å². The second-order valence-electron chi connectivity index (χ2n) is 8.07. The molecule has 1 fully saturated rings. The Morgan fingerprint density at radius 3 is 2.41 bits per heavy atom. The fraction of sp³-hybridized carbons (Fsp3) is 0.240. The molecule has 7 nitrogen and oxygen atoms in total. The SMILES string of the molecule is O=C(CCN1CCN(c2ccccc2)CC1)NNC(=O)c1ccc(-c2nc3ccccc3s2)s1. The number of fused-ring (bicyclic) bond motifs is 1. The molecule has 1 saturated heterocycles. The van der Waals surface area contributed by atoms with Crippen LogP contribution in [0.3, 0.4) is 0 Å². The van der Waals surface area contributed by atoms with E-state index in [0.717, 1.165) is 46.3 Å². The first kappa shape index (κ1) is 22.5. The maximum absolute atomic E-state index is 12.5. The summed E-state index contributed by atoms with van der Waals surface area (Å²) in [5, 5.41) is 0.890. The molecule has 0 radical (unpaired) electrons. The molecule has 4 aromatic rings. The van der Waals surface area contributed by atoms with Crippen LogP contribution in [-0.4, -0.2) is 54.4 Å². The number of thiophene rings is 1. The molecule has 2 amide bonds. The maximum Gasteiger partial charge on any atom is 0.279 e. The van der Waals surface area contributed by atoms with E-state index in [1.807, 2.05) is 36.4 Å². The van der Waals surface area contributed by atoms with Crippen LogP contribution in [0.25, 0.3) is 20.1 Å². The molecule has 3 heterocycles. The van der Waals surface area contributed by atoms with Crippen molar-refractivity contribution in [3.8, 4) is 9.88 Å². The summed E-state index contributed by atoms with van der Waals surface area (Å²) in [6.07, 6.45) is 0.340. The molecule has 2 N–H and O–H groups in total. The molecule has 2 aromatic heterocycles. The molecule has 2 aromatic carbocycles. The number of thiazole rings is 1. The third-order valence-corrected chi connectivity index (χ3v) is 8.09. The molecule has 1 aliphatic heterocycles. The fourth-order valence-corrected chi connectivity index (χ4v) is 5.85. The molecule has 0 bridgehead atoms. The van der Waals surface area contributed by atoms with Gasteiger partial charge in [-0.25, -0.2) is 4.98 Å². The van der Waals surface area contributed by atoms with Crippen LogP contribution in [0, 0.1) is 0 Å². The second-order valence-corrected chi connectivity index (χ2v) is 10.2. The molecule has 5 rings (SSSR count). The Labute approximate surface area is 206 Å². The van der Waals surface area contributed by atoms with Crippen molar-refractivity contribution in [1.29, 1.82) is 0 Å². The predicted octanol–water partition coefficient (Wildman–Crippen LogP) is 4.00. The van der Waals surface area contributed by atoms with Crippen molar-refractivity contribution in [2.45, 2.75) is 6.42 Å². The van der Waals surface area contributed by atoms with Crippen molar-refractivity contribution in [2.75, 3.05) is 37.6 Å². The van der Waals surface area contributed by atoms with E-state index in [4.69, 9.17) is 0 Å². The Morgan fingerprint density at radius 1 is 0.853 bits per heavy atom. The number of nitrogens with zero attached hydrogens (tertiary/aromatic N) is 3. The van der Waals surface area contributed by atoms with Crippen LogP contribution in [-0.2, 0) is 4.79 Å². The van der Waals surface area contributed by atoms with Crippen LogP contribution in [0.2, 0.25) is 0 Å². The van der Waals surface area contributed by atoms with E-state index in [-0.39, 0.29) is 11.8 Å². The summed E-state index contributed by atoms with van der Waals surface area (Å²) in [6, 6.07) is 22.0. The lowest BCUT2D eigenvalue weighted by Crippen LogP contribution is -2.48. The quantitative estimate of drug-likeness (QED) is 0.399. The summed E-state index contributed by atoms with van der Waals surface area (Å²) in [5.41, 5.74) is 7.27. The van der Waals surface area contributed by atoms with Crippen molar-refractivity contribution in [3.05, 3.63) is 71.6 Å². The van der Waals surface area contributed by atoms with E-state index in [2.05, 4.69) is 49.9 Å². The Morgan fingerprint density at radius 2 is 1.62 bits per heavy atom. The maximum atomic E-state index is 12.5. The van der Waals surface area contributed by atoms with Gasteiger partial charge in [-0.1, -0.05) is 30.3 Å². The molecule has 174 valence electrons. The number of benzene rings is 2. The molecule has 9 heteroatoms. The summed E-state index contributed by atoms with van der Waals surface area (Å²) < 4.78 is 1.12. The van der Waals surface area contributed by atoms with Crippen molar-refractivity contribution >= 4 is 50.4 Å². The van der Waals surface area contributed by atoms with Gasteiger partial charge >= 0.3 is 0 Å². The first-order valence-electron chi connectivity index (χ1n) is 11.2. The molecule has 0 saturated carbocycles. The molecular formula is C25H25N5O2S2. The summed E-state index contributed by atoms with van der Waals surface area (Å²) in [6.45, 7) is 4.39. The lowest BCUT2D eigenvalue weighted by molar-refractivity contribution is -0.122. The highest BCUT2D eigenvalue weighted by Crippen LogP contribution is 2.34. The first-order valence-corrected chi connectivity index (χ1v) is 12.9. The average Bonchev–Trinajstić information content (AvgIpc) is 3.54. The minimum absolute atomic E-state index is 0.193. The number of rotatable bonds is 6. The highest BCUT2D eigenvalue weighted by Gasteiger charge is 2.18. The predicted molar refractivity (Wildman–Crippen MR) is 138 cm³/mol. The third kappa shape index (κ3) is 5.27. The number of carbonyl (C=O) groups is 2. The number of para-hydroxylation sites is 2. The van der Waals surface area contributed by atoms with Gasteiger partial charge in [-0.2, -0.15) is 0 Å². The second kappa shape index (κ2) is 10.3. The van der Waals surface area contributed by atoms with Gasteiger partial charge in [0.1, 0.15) is 5.01 Å². The van der Waals surface area contributed by atoms with Crippen molar-refractivity contribution in [1.82, 2.24) is 20.7 Å². The summed E-state index contributed by atoms with van der Waals surface area (Å²) in [4.78, 5) is 35.5. The number of nitrogens with one attached hydrogen (secondary N) is 2. The summed E-state index contributed by atoms with van der Waals surface area (Å²) >= 11 is 2.97. The average molecular weight is 492 g/mol. The Hall–Kier alpha value is -3.27. The number of piperazine rings is 1. The van der Waals surface area contributed by atoms with Crippen LogP contribution in [0.4, 0.5) is 5.69 Å². The number of hydrogen-bond acceptors (Lipinski definition) is 7. The van der Waals surface area contributed by atoms with E-state index in [9.17, 15) is 9.59 Å². The monoisotopic (exact) mass is 491 g/mol. The zero-order valence-corrected chi connectivity index (χ0v) is 20.2. The number of amides is 2. The topological polar surface area (TPSA) is 77.6 Å². The molecule has 34 heavy (non-hydrogen) atoms. The number of anilines is 1. The van der Waals surface area contributed by atoms with Gasteiger partial charge in [-0.05, 0) is 36.4 Å². The van der Waals surface area contributed by atoms with Crippen LogP contribution in [0.5, 0.6) is 0 Å². The van der Waals surface area contributed by atoms with Crippen LogP contribution >= 0.6 is 22.7 Å². The molecule has 0 atom stereocenters. The molecular weight excluding hydrogens is 466 g/mol. The summed E-state index contributed by atoms with van der Waals surface area (Å²) in [5.74, 6) is -0.510. The minimum Gasteiger partial charge on any atom is -0.369 e. The number of carbonyl (C=O) groups excluding carboxylic acids is 2. The van der Waals surface area contributed by atoms with Gasteiger partial charge in [0.05, 0.1) is 20.0 Å². The number of aromatic nitrogens is 1. The van der Waals surface area contributed by atoms with Crippen molar-refractivity contribution in [2.24, 2.45) is 0 Å². The van der Waals surface area contributed by atoms with Crippen molar-refractivity contribution in [3.63, 3.8) is 0 Å². The third-order valence-electron chi connectivity index (χ3n) is 5.80. The van der Waals surface area contributed by atoms with Crippen LogP contribution in [0.1, 0.15) is 16.1 Å². The Bertz CT molecular complexity index is 1250. The van der Waals surface area contributed by atoms with Crippen molar-refractivity contribution < 1.29 is 9.59 Å². The smallest absolute Gasteiger partial charge is 0.279 e. The largest absolute Gasteiger partial charge is 0.369 e. The van der Waals surface area contributed by atoms with Gasteiger partial charge in [0, 0.05) is 44.8 Å². The van der Waals surface area contributed by atoms with E-state index in [1.54, 1.807) is 17.4 Å². The van der Waals surface area contributed by atoms with Gasteiger partial charge in [-0.15, -0.1) is 22.7 Å². The highest BCUT2D eigenvalue weighted by atomic mass is 32.1. The number of hydrazine groups is 1. The van der Waals surface area contributed by atoms with Crippen LogP contribution in [0.15, 0.2) is 66.7 Å². The van der Waals surface area contributed by atoms with Crippen LogP contribution < -0.4 is 15.8 Å². The lowest BCUT2D eigenvalue weighted by atomic mass is 10.2. The molecule has 0 unspecified atom stereocenters. The minimum atomic E-state index is -0.317. The standard InChI is InChI=1S/C25H25N5O2S2/c31-23(12-13-29-14-16-30(17-15-29)18-6-2-1-3-7-18)27-28-24(32)21-10-11-22(33-21)25-26-19-8-4-5-9-20(19)34-25/h1-11H,12-17H2,(H,27,31)(H,28,32). The highest BCUT2D eigenvalue weighted by molar-refractivity contribution is 7.26. The normalized spacial score (nSPS) is 14.3. The number of hydrogen-bond donors (Lipinski definition) is 2. The van der Waals surface area contributed by atoms with Gasteiger partial charge < -0.3 is 4.90 Å². The molecule has 1 aliphatic rings. The molecule has 0 spiro atoms.